The van der Waals surface area contributed by atoms with E-state index >= 15 is 0 Å². The summed E-state index contributed by atoms with van der Waals surface area (Å²) in [6.07, 6.45) is 0. The lowest BCUT2D eigenvalue weighted by atomic mass is 10.1. The molecular weight excluding hydrogens is 402 g/mol. The van der Waals surface area contributed by atoms with Crippen LogP contribution < -0.4 is 9.62 Å². The van der Waals surface area contributed by atoms with E-state index < -0.39 is 21.8 Å². The number of anilines is 2. The van der Waals surface area contributed by atoms with Crippen LogP contribution in [0.4, 0.5) is 11.4 Å². The second-order valence-corrected chi connectivity index (χ2v) is 8.44. The number of imide groups is 1. The first-order valence-electron chi connectivity index (χ1n) is 8.93. The number of amides is 2. The molecule has 0 aromatic heterocycles. The van der Waals surface area contributed by atoms with Crippen LogP contribution in [0.3, 0.4) is 0 Å². The van der Waals surface area contributed by atoms with E-state index in [4.69, 9.17) is 5.26 Å². The molecule has 0 unspecified atom stereocenters. The lowest BCUT2D eigenvalue weighted by Crippen LogP contribution is -2.29. The number of nitrogens with one attached hydrogen (secondary N) is 1. The summed E-state index contributed by atoms with van der Waals surface area (Å²) >= 11 is 0. The van der Waals surface area contributed by atoms with Gasteiger partial charge in [-0.05, 0) is 49.4 Å². The Balaban J connectivity index is 1.75. The number of fused-ring (bicyclic) bond motifs is 1. The molecule has 1 heterocycles. The van der Waals surface area contributed by atoms with Gasteiger partial charge in [-0.2, -0.15) is 5.26 Å². The van der Waals surface area contributed by atoms with Gasteiger partial charge < -0.3 is 0 Å². The molecule has 0 fully saturated rings. The number of rotatable bonds is 4. The van der Waals surface area contributed by atoms with Gasteiger partial charge in [0.15, 0.2) is 0 Å². The highest BCUT2D eigenvalue weighted by atomic mass is 32.2. The SMILES string of the molecule is Cc1ccc(S(=O)(=O)Nc2cccc3c2C(=O)N(c2cccc(C#N)c2)C3=O)cc1. The third-order valence-electron chi connectivity index (χ3n) is 4.72. The van der Waals surface area contributed by atoms with Gasteiger partial charge in [0.25, 0.3) is 21.8 Å². The van der Waals surface area contributed by atoms with Crippen molar-refractivity contribution >= 4 is 33.2 Å². The third kappa shape index (κ3) is 3.21. The van der Waals surface area contributed by atoms with Gasteiger partial charge in [0, 0.05) is 0 Å². The van der Waals surface area contributed by atoms with Crippen LogP contribution in [-0.2, 0) is 10.0 Å². The Hall–Kier alpha value is -3.96. The maximum absolute atomic E-state index is 13.1. The van der Waals surface area contributed by atoms with Gasteiger partial charge in [0.05, 0.1) is 39.0 Å². The molecule has 0 saturated heterocycles. The Morgan fingerprint density at radius 3 is 2.33 bits per heavy atom. The van der Waals surface area contributed by atoms with Gasteiger partial charge in [0.2, 0.25) is 0 Å². The van der Waals surface area contributed by atoms with Gasteiger partial charge in [-0.25, -0.2) is 13.3 Å². The molecule has 1 aliphatic heterocycles. The Morgan fingerprint density at radius 2 is 1.63 bits per heavy atom. The summed E-state index contributed by atoms with van der Waals surface area (Å²) in [4.78, 5) is 26.9. The Labute approximate surface area is 173 Å². The van der Waals surface area contributed by atoms with Crippen molar-refractivity contribution in [1.82, 2.24) is 0 Å². The number of hydrogen-bond donors (Lipinski definition) is 1. The van der Waals surface area contributed by atoms with E-state index in [1.807, 2.05) is 13.0 Å². The molecule has 1 N–H and O–H groups in total. The van der Waals surface area contributed by atoms with Crippen molar-refractivity contribution in [3.8, 4) is 6.07 Å². The highest BCUT2D eigenvalue weighted by molar-refractivity contribution is 7.92. The second-order valence-electron chi connectivity index (χ2n) is 6.75. The minimum atomic E-state index is -3.96. The average molecular weight is 417 g/mol. The molecule has 1 aliphatic rings. The third-order valence-corrected chi connectivity index (χ3v) is 6.11. The fourth-order valence-corrected chi connectivity index (χ4v) is 4.31. The monoisotopic (exact) mass is 417 g/mol. The van der Waals surface area contributed by atoms with Crippen LogP contribution in [0.25, 0.3) is 0 Å². The van der Waals surface area contributed by atoms with Crippen molar-refractivity contribution < 1.29 is 18.0 Å². The number of aryl methyl sites for hydroxylation is 1. The lowest BCUT2D eigenvalue weighted by molar-refractivity contribution is 0.0926. The number of benzene rings is 3. The van der Waals surface area contributed by atoms with E-state index in [9.17, 15) is 18.0 Å². The van der Waals surface area contributed by atoms with Crippen LogP contribution in [0.1, 0.15) is 31.8 Å². The fourth-order valence-electron chi connectivity index (χ4n) is 3.24. The molecule has 148 valence electrons. The first-order valence-corrected chi connectivity index (χ1v) is 10.4. The standard InChI is InChI=1S/C22H15N3O4S/c1-14-8-10-17(11-9-14)30(28,29)24-19-7-3-6-18-20(19)22(27)25(21(18)26)16-5-2-4-15(12-16)13-23/h2-12,24H,1H3. The Bertz CT molecular complexity index is 1340. The van der Waals surface area contributed by atoms with Crippen LogP contribution in [0.2, 0.25) is 0 Å². The van der Waals surface area contributed by atoms with E-state index in [1.165, 1.54) is 36.4 Å². The van der Waals surface area contributed by atoms with Gasteiger partial charge in [-0.3, -0.25) is 14.3 Å². The maximum atomic E-state index is 13.1. The molecule has 8 heteroatoms. The topological polar surface area (TPSA) is 107 Å². The molecule has 0 saturated carbocycles. The average Bonchev–Trinajstić information content (AvgIpc) is 2.99. The number of carbonyl (C=O) groups is 2. The van der Waals surface area contributed by atoms with E-state index in [0.717, 1.165) is 10.5 Å². The predicted molar refractivity (Wildman–Crippen MR) is 111 cm³/mol. The smallest absolute Gasteiger partial charge is 0.268 e. The number of hydrogen-bond acceptors (Lipinski definition) is 5. The first kappa shape index (κ1) is 19.4. The quantitative estimate of drug-likeness (QED) is 0.654. The fraction of sp³-hybridized carbons (Fsp3) is 0.0455. The van der Waals surface area contributed by atoms with E-state index in [2.05, 4.69) is 4.72 Å². The minimum Gasteiger partial charge on any atom is -0.279 e. The number of carbonyl (C=O) groups excluding carboxylic acids is 2. The normalized spacial score (nSPS) is 13.1. The zero-order valence-electron chi connectivity index (χ0n) is 15.8. The molecule has 0 spiro atoms. The molecule has 30 heavy (non-hydrogen) atoms. The highest BCUT2D eigenvalue weighted by Crippen LogP contribution is 2.34. The Kier molecular flexibility index (Phi) is 4.60. The van der Waals surface area contributed by atoms with Gasteiger partial charge in [-0.15, -0.1) is 0 Å². The predicted octanol–water partition coefficient (Wildman–Crippen LogP) is 3.47. The molecule has 4 rings (SSSR count). The van der Waals surface area contributed by atoms with Crippen molar-refractivity contribution in [2.75, 3.05) is 9.62 Å². The van der Waals surface area contributed by atoms with Gasteiger partial charge in [-0.1, -0.05) is 29.8 Å². The van der Waals surface area contributed by atoms with Crippen molar-refractivity contribution in [2.45, 2.75) is 11.8 Å². The first-order chi connectivity index (χ1) is 14.3. The minimum absolute atomic E-state index is 0.0189. The van der Waals surface area contributed by atoms with E-state index in [1.54, 1.807) is 30.3 Å². The zero-order valence-corrected chi connectivity index (χ0v) is 16.6. The summed E-state index contributed by atoms with van der Waals surface area (Å²) in [6, 6.07) is 18.7. The number of nitriles is 1. The molecule has 3 aromatic carbocycles. The number of sulfonamides is 1. The molecule has 0 atom stereocenters. The number of nitrogens with zero attached hydrogens (tertiary/aromatic N) is 2. The summed E-state index contributed by atoms with van der Waals surface area (Å²) in [6.45, 7) is 1.84. The Morgan fingerprint density at radius 1 is 0.933 bits per heavy atom. The summed E-state index contributed by atoms with van der Waals surface area (Å²) in [5.74, 6) is -1.24. The second kappa shape index (κ2) is 7.13. The molecule has 7 nitrogen and oxygen atoms in total. The molecule has 3 aromatic rings. The van der Waals surface area contributed by atoms with Crippen LogP contribution in [0, 0.1) is 18.3 Å². The van der Waals surface area contributed by atoms with Crippen molar-refractivity contribution in [3.05, 3.63) is 89.0 Å². The van der Waals surface area contributed by atoms with Gasteiger partial charge in [0.1, 0.15) is 0 Å². The van der Waals surface area contributed by atoms with Crippen LogP contribution in [-0.4, -0.2) is 20.2 Å². The zero-order chi connectivity index (χ0) is 21.5. The molecule has 0 aliphatic carbocycles. The maximum Gasteiger partial charge on any atom is 0.268 e. The summed E-state index contributed by atoms with van der Waals surface area (Å²) < 4.78 is 28.0. The highest BCUT2D eigenvalue weighted by Gasteiger charge is 2.39. The lowest BCUT2D eigenvalue weighted by Gasteiger charge is -2.14. The van der Waals surface area contributed by atoms with Crippen LogP contribution in [0.15, 0.2) is 71.6 Å². The molecular formula is C22H15N3O4S. The molecule has 0 radical (unpaired) electrons. The van der Waals surface area contributed by atoms with Gasteiger partial charge >= 0.3 is 0 Å². The van der Waals surface area contributed by atoms with E-state index in [-0.39, 0.29) is 27.4 Å². The van der Waals surface area contributed by atoms with Crippen molar-refractivity contribution in [3.63, 3.8) is 0 Å². The molecule has 0 bridgehead atoms. The summed E-state index contributed by atoms with van der Waals surface area (Å²) in [5, 5.41) is 9.09. The molecule has 2 amide bonds. The largest absolute Gasteiger partial charge is 0.279 e. The van der Waals surface area contributed by atoms with Crippen LogP contribution >= 0.6 is 0 Å². The summed E-state index contributed by atoms with van der Waals surface area (Å²) in [5.41, 5.74) is 1.53. The van der Waals surface area contributed by atoms with E-state index in [0.29, 0.717) is 5.56 Å². The van der Waals surface area contributed by atoms with Crippen molar-refractivity contribution in [2.24, 2.45) is 0 Å². The summed E-state index contributed by atoms with van der Waals surface area (Å²) in [7, 11) is -3.96. The van der Waals surface area contributed by atoms with Crippen LogP contribution in [0.5, 0.6) is 0 Å². The van der Waals surface area contributed by atoms with Crippen molar-refractivity contribution in [1.29, 1.82) is 5.26 Å².